The van der Waals surface area contributed by atoms with Gasteiger partial charge in [-0.05, 0) is 50.8 Å². The largest absolute Gasteiger partial charge is 0.329 e. The van der Waals surface area contributed by atoms with Crippen LogP contribution in [0.2, 0.25) is 0 Å². The Labute approximate surface area is 105 Å². The minimum absolute atomic E-state index is 0.549. The summed E-state index contributed by atoms with van der Waals surface area (Å²) in [5.74, 6) is 0.860. The van der Waals surface area contributed by atoms with E-state index in [0.29, 0.717) is 6.04 Å². The summed E-state index contributed by atoms with van der Waals surface area (Å²) in [6.07, 6.45) is 3.88. The van der Waals surface area contributed by atoms with Gasteiger partial charge in [0.05, 0.1) is 0 Å². The molecule has 0 aliphatic carbocycles. The monoisotopic (exact) mass is 232 g/mol. The van der Waals surface area contributed by atoms with Crippen LogP contribution in [0.3, 0.4) is 0 Å². The molecule has 2 heteroatoms. The van der Waals surface area contributed by atoms with Crippen LogP contribution < -0.4 is 5.73 Å². The lowest BCUT2D eigenvalue weighted by Gasteiger charge is -2.35. The summed E-state index contributed by atoms with van der Waals surface area (Å²) >= 11 is 0. The molecule has 0 saturated carbocycles. The predicted octanol–water partition coefficient (Wildman–Crippen LogP) is 2.29. The van der Waals surface area contributed by atoms with Crippen LogP contribution in [0.15, 0.2) is 30.3 Å². The fraction of sp³-hybridized carbons (Fsp3) is 0.600. The normalized spacial score (nSPS) is 20.4. The van der Waals surface area contributed by atoms with Crippen LogP contribution in [0, 0.1) is 5.92 Å². The lowest BCUT2D eigenvalue weighted by atomic mass is 9.90. The average Bonchev–Trinajstić information content (AvgIpc) is 2.40. The van der Waals surface area contributed by atoms with Gasteiger partial charge in [0.2, 0.25) is 0 Å². The molecule has 0 bridgehead atoms. The van der Waals surface area contributed by atoms with Gasteiger partial charge in [0, 0.05) is 12.6 Å². The summed E-state index contributed by atoms with van der Waals surface area (Å²) in [4.78, 5) is 2.53. The molecule has 94 valence electrons. The number of hydrogen-bond acceptors (Lipinski definition) is 2. The van der Waals surface area contributed by atoms with E-state index in [1.165, 1.54) is 37.9 Å². The molecule has 2 rings (SSSR count). The van der Waals surface area contributed by atoms with E-state index in [0.717, 1.165) is 12.5 Å². The molecule has 1 saturated heterocycles. The molecule has 0 radical (unpaired) electrons. The number of nitrogens with two attached hydrogens (primary N) is 1. The molecular formula is C15H24N2. The Kier molecular flexibility index (Phi) is 4.57. The van der Waals surface area contributed by atoms with Crippen LogP contribution in [-0.4, -0.2) is 30.6 Å². The minimum atomic E-state index is 0.549. The number of nitrogens with zero attached hydrogens (tertiary/aromatic N) is 1. The van der Waals surface area contributed by atoms with Crippen LogP contribution in [0.5, 0.6) is 0 Å². The smallest absolute Gasteiger partial charge is 0.0190 e. The van der Waals surface area contributed by atoms with Crippen molar-refractivity contribution in [3.63, 3.8) is 0 Å². The third-order valence-corrected chi connectivity index (χ3v) is 3.98. The summed E-state index contributed by atoms with van der Waals surface area (Å²) < 4.78 is 0. The van der Waals surface area contributed by atoms with Crippen molar-refractivity contribution in [3.8, 4) is 0 Å². The van der Waals surface area contributed by atoms with Gasteiger partial charge in [-0.25, -0.2) is 0 Å². The highest BCUT2D eigenvalue weighted by Crippen LogP contribution is 2.22. The van der Waals surface area contributed by atoms with Gasteiger partial charge in [-0.1, -0.05) is 30.3 Å². The molecule has 1 aromatic carbocycles. The SMILES string of the molecule is C[C@@H](CN)N1CCC(Cc2ccccc2)CC1. The van der Waals surface area contributed by atoms with Gasteiger partial charge < -0.3 is 5.73 Å². The number of piperidine rings is 1. The lowest BCUT2D eigenvalue weighted by Crippen LogP contribution is -2.43. The molecule has 2 nitrogen and oxygen atoms in total. The minimum Gasteiger partial charge on any atom is -0.329 e. The molecule has 0 aromatic heterocycles. The highest BCUT2D eigenvalue weighted by atomic mass is 15.2. The van der Waals surface area contributed by atoms with Crippen LogP contribution in [-0.2, 0) is 6.42 Å². The van der Waals surface area contributed by atoms with E-state index in [1.807, 2.05) is 0 Å². The van der Waals surface area contributed by atoms with Crippen molar-refractivity contribution in [1.29, 1.82) is 0 Å². The summed E-state index contributed by atoms with van der Waals surface area (Å²) in [7, 11) is 0. The molecule has 1 aromatic rings. The average molecular weight is 232 g/mol. The molecular weight excluding hydrogens is 208 g/mol. The number of hydrogen-bond donors (Lipinski definition) is 1. The first kappa shape index (κ1) is 12.6. The van der Waals surface area contributed by atoms with Gasteiger partial charge in [-0.2, -0.15) is 0 Å². The van der Waals surface area contributed by atoms with E-state index >= 15 is 0 Å². The standard InChI is InChI=1S/C15H24N2/c1-13(12-16)17-9-7-15(8-10-17)11-14-5-3-2-4-6-14/h2-6,13,15H,7-12,16H2,1H3/t13-/m0/s1. The Morgan fingerprint density at radius 2 is 1.88 bits per heavy atom. The van der Waals surface area contributed by atoms with E-state index < -0.39 is 0 Å². The maximum Gasteiger partial charge on any atom is 0.0190 e. The summed E-state index contributed by atoms with van der Waals surface area (Å²) in [5.41, 5.74) is 7.20. The zero-order chi connectivity index (χ0) is 12.1. The van der Waals surface area contributed by atoms with Crippen molar-refractivity contribution in [2.45, 2.75) is 32.2 Å². The Morgan fingerprint density at radius 3 is 2.47 bits per heavy atom. The fourth-order valence-electron chi connectivity index (χ4n) is 2.69. The second kappa shape index (κ2) is 6.18. The molecule has 2 N–H and O–H groups in total. The van der Waals surface area contributed by atoms with E-state index in [2.05, 4.69) is 42.2 Å². The first-order valence-corrected chi connectivity index (χ1v) is 6.77. The molecule has 0 amide bonds. The van der Waals surface area contributed by atoms with Gasteiger partial charge in [0.25, 0.3) is 0 Å². The lowest BCUT2D eigenvalue weighted by molar-refractivity contribution is 0.144. The van der Waals surface area contributed by atoms with Crippen LogP contribution in [0.4, 0.5) is 0 Å². The van der Waals surface area contributed by atoms with Crippen molar-refractivity contribution in [2.24, 2.45) is 11.7 Å². The van der Waals surface area contributed by atoms with Crippen molar-refractivity contribution < 1.29 is 0 Å². The van der Waals surface area contributed by atoms with Crippen molar-refractivity contribution in [1.82, 2.24) is 4.90 Å². The highest BCUT2D eigenvalue weighted by Gasteiger charge is 2.21. The zero-order valence-corrected chi connectivity index (χ0v) is 10.8. The van der Waals surface area contributed by atoms with E-state index in [1.54, 1.807) is 0 Å². The van der Waals surface area contributed by atoms with Crippen LogP contribution in [0.25, 0.3) is 0 Å². The van der Waals surface area contributed by atoms with E-state index in [9.17, 15) is 0 Å². The number of benzene rings is 1. The number of rotatable bonds is 4. The van der Waals surface area contributed by atoms with Gasteiger partial charge >= 0.3 is 0 Å². The number of likely N-dealkylation sites (tertiary alicyclic amines) is 1. The summed E-state index contributed by atoms with van der Waals surface area (Å²) in [6, 6.07) is 11.4. The first-order chi connectivity index (χ1) is 8.29. The van der Waals surface area contributed by atoms with E-state index in [-0.39, 0.29) is 0 Å². The van der Waals surface area contributed by atoms with Gasteiger partial charge in [0.15, 0.2) is 0 Å². The third-order valence-electron chi connectivity index (χ3n) is 3.98. The maximum absolute atomic E-state index is 5.72. The quantitative estimate of drug-likeness (QED) is 0.863. The first-order valence-electron chi connectivity index (χ1n) is 6.77. The third kappa shape index (κ3) is 3.55. The molecule has 17 heavy (non-hydrogen) atoms. The van der Waals surface area contributed by atoms with Crippen LogP contribution in [0.1, 0.15) is 25.3 Å². The highest BCUT2D eigenvalue weighted by molar-refractivity contribution is 5.15. The molecule has 1 heterocycles. The second-order valence-electron chi connectivity index (χ2n) is 5.25. The zero-order valence-electron chi connectivity index (χ0n) is 10.8. The molecule has 1 atom stereocenters. The Morgan fingerprint density at radius 1 is 1.24 bits per heavy atom. The molecule has 0 spiro atoms. The van der Waals surface area contributed by atoms with Crippen molar-refractivity contribution >= 4 is 0 Å². The summed E-state index contributed by atoms with van der Waals surface area (Å²) in [6.45, 7) is 5.45. The fourth-order valence-corrected chi connectivity index (χ4v) is 2.69. The van der Waals surface area contributed by atoms with Crippen molar-refractivity contribution in [3.05, 3.63) is 35.9 Å². The molecule has 1 fully saturated rings. The summed E-state index contributed by atoms with van der Waals surface area (Å²) in [5, 5.41) is 0. The van der Waals surface area contributed by atoms with Crippen LogP contribution >= 0.6 is 0 Å². The second-order valence-corrected chi connectivity index (χ2v) is 5.25. The maximum atomic E-state index is 5.72. The van der Waals surface area contributed by atoms with Gasteiger partial charge in [0.1, 0.15) is 0 Å². The van der Waals surface area contributed by atoms with Gasteiger partial charge in [-0.15, -0.1) is 0 Å². The Hall–Kier alpha value is -0.860. The van der Waals surface area contributed by atoms with Crippen molar-refractivity contribution in [2.75, 3.05) is 19.6 Å². The topological polar surface area (TPSA) is 29.3 Å². The van der Waals surface area contributed by atoms with Gasteiger partial charge in [-0.3, -0.25) is 4.90 Å². The molecule has 1 aliphatic heterocycles. The molecule has 1 aliphatic rings. The van der Waals surface area contributed by atoms with E-state index in [4.69, 9.17) is 5.73 Å². The Balaban J connectivity index is 1.80. The Bertz CT molecular complexity index is 315. The molecule has 0 unspecified atom stereocenters. The predicted molar refractivity (Wildman–Crippen MR) is 73.0 cm³/mol.